The van der Waals surface area contributed by atoms with Gasteiger partial charge in [0.25, 0.3) is 0 Å². The highest BCUT2D eigenvalue weighted by Crippen LogP contribution is 2.41. The standard InChI is InChI=1S/C13H17F3O3S/c1-3-9-20(18,19)11-7-5-10(6-8-11)12(17,4-2)13(14,15)16/h5-8,17H,3-4,9H2,1-2H3. The fourth-order valence-corrected chi connectivity index (χ4v) is 3.22. The van der Waals surface area contributed by atoms with Crippen molar-refractivity contribution < 1.29 is 26.7 Å². The molecule has 0 aliphatic rings. The van der Waals surface area contributed by atoms with Crippen LogP contribution in [0.5, 0.6) is 0 Å². The average Bonchev–Trinajstić information content (AvgIpc) is 2.36. The second-order valence-electron chi connectivity index (χ2n) is 4.55. The van der Waals surface area contributed by atoms with Crippen LogP contribution in [-0.4, -0.2) is 25.5 Å². The van der Waals surface area contributed by atoms with Gasteiger partial charge in [0.15, 0.2) is 15.4 Å². The van der Waals surface area contributed by atoms with Crippen molar-refractivity contribution in [2.75, 3.05) is 5.75 Å². The quantitative estimate of drug-likeness (QED) is 0.909. The summed E-state index contributed by atoms with van der Waals surface area (Å²) in [5.74, 6) is -0.0658. The van der Waals surface area contributed by atoms with E-state index in [1.165, 1.54) is 6.92 Å². The van der Waals surface area contributed by atoms with Gasteiger partial charge >= 0.3 is 6.18 Å². The number of rotatable bonds is 5. The summed E-state index contributed by atoms with van der Waals surface area (Å²) >= 11 is 0. The lowest BCUT2D eigenvalue weighted by Gasteiger charge is -2.29. The van der Waals surface area contributed by atoms with Crippen LogP contribution in [0, 0.1) is 0 Å². The minimum atomic E-state index is -4.81. The normalized spacial score (nSPS) is 15.9. The highest BCUT2D eigenvalue weighted by atomic mass is 32.2. The van der Waals surface area contributed by atoms with Gasteiger partial charge in [-0.3, -0.25) is 0 Å². The van der Waals surface area contributed by atoms with E-state index in [1.54, 1.807) is 6.92 Å². The summed E-state index contributed by atoms with van der Waals surface area (Å²) < 4.78 is 62.2. The second kappa shape index (κ2) is 5.73. The number of benzene rings is 1. The minimum Gasteiger partial charge on any atom is -0.376 e. The summed E-state index contributed by atoms with van der Waals surface area (Å²) in [6.45, 7) is 2.92. The van der Waals surface area contributed by atoms with Gasteiger partial charge in [0.1, 0.15) is 0 Å². The zero-order chi connectivity index (χ0) is 15.6. The van der Waals surface area contributed by atoms with E-state index in [9.17, 15) is 26.7 Å². The maximum atomic E-state index is 12.9. The molecule has 1 unspecified atom stereocenters. The predicted octanol–water partition coefficient (Wildman–Crippen LogP) is 3.03. The third kappa shape index (κ3) is 3.15. The Kier molecular flexibility index (Phi) is 4.86. The van der Waals surface area contributed by atoms with Crippen LogP contribution in [0.3, 0.4) is 0 Å². The summed E-state index contributed by atoms with van der Waals surface area (Å²) in [4.78, 5) is -0.0382. The molecule has 0 bridgehead atoms. The first-order valence-electron chi connectivity index (χ1n) is 6.21. The molecule has 0 saturated heterocycles. The van der Waals surface area contributed by atoms with Gasteiger partial charge in [-0.15, -0.1) is 0 Å². The van der Waals surface area contributed by atoms with Crippen molar-refractivity contribution in [3.05, 3.63) is 29.8 Å². The molecule has 0 aliphatic heterocycles. The first-order chi connectivity index (χ1) is 9.08. The van der Waals surface area contributed by atoms with Crippen LogP contribution in [0.4, 0.5) is 13.2 Å². The van der Waals surface area contributed by atoms with Gasteiger partial charge in [0, 0.05) is 0 Å². The molecule has 0 aromatic heterocycles. The molecule has 1 atom stereocenters. The SMILES string of the molecule is CCCS(=O)(=O)c1ccc(C(O)(CC)C(F)(F)F)cc1. The molecule has 0 heterocycles. The van der Waals surface area contributed by atoms with E-state index in [4.69, 9.17) is 0 Å². The molecular weight excluding hydrogens is 293 g/mol. The van der Waals surface area contributed by atoms with Crippen LogP contribution in [0.15, 0.2) is 29.2 Å². The molecule has 3 nitrogen and oxygen atoms in total. The smallest absolute Gasteiger partial charge is 0.376 e. The Balaban J connectivity index is 3.21. The van der Waals surface area contributed by atoms with Crippen LogP contribution in [0.2, 0.25) is 0 Å². The summed E-state index contributed by atoms with van der Waals surface area (Å²) in [5.41, 5.74) is -3.32. The van der Waals surface area contributed by atoms with Crippen molar-refractivity contribution in [3.8, 4) is 0 Å². The van der Waals surface area contributed by atoms with E-state index in [1.807, 2.05) is 0 Å². The largest absolute Gasteiger partial charge is 0.421 e. The monoisotopic (exact) mass is 310 g/mol. The molecule has 0 aliphatic carbocycles. The third-order valence-corrected chi connectivity index (χ3v) is 5.08. The van der Waals surface area contributed by atoms with E-state index in [0.717, 1.165) is 24.3 Å². The van der Waals surface area contributed by atoms with Crippen molar-refractivity contribution in [2.45, 2.75) is 43.4 Å². The van der Waals surface area contributed by atoms with Crippen LogP contribution < -0.4 is 0 Å². The Labute approximate surface area is 116 Å². The fraction of sp³-hybridized carbons (Fsp3) is 0.538. The highest BCUT2D eigenvalue weighted by molar-refractivity contribution is 7.91. The Morgan fingerprint density at radius 1 is 1.10 bits per heavy atom. The van der Waals surface area contributed by atoms with Gasteiger partial charge in [-0.2, -0.15) is 13.2 Å². The topological polar surface area (TPSA) is 54.4 Å². The number of hydrogen-bond donors (Lipinski definition) is 1. The molecule has 0 saturated carbocycles. The van der Waals surface area contributed by atoms with E-state index < -0.39 is 28.0 Å². The van der Waals surface area contributed by atoms with Gasteiger partial charge in [-0.1, -0.05) is 26.0 Å². The lowest BCUT2D eigenvalue weighted by molar-refractivity contribution is -0.267. The van der Waals surface area contributed by atoms with E-state index in [0.29, 0.717) is 6.42 Å². The molecule has 114 valence electrons. The van der Waals surface area contributed by atoms with Crippen molar-refractivity contribution in [3.63, 3.8) is 0 Å². The lowest BCUT2D eigenvalue weighted by atomic mass is 9.90. The number of sulfone groups is 1. The Morgan fingerprint density at radius 2 is 1.60 bits per heavy atom. The molecule has 1 aromatic rings. The minimum absolute atomic E-state index is 0.0382. The number of halogens is 3. The maximum Gasteiger partial charge on any atom is 0.421 e. The van der Waals surface area contributed by atoms with Gasteiger partial charge in [-0.05, 0) is 30.5 Å². The zero-order valence-electron chi connectivity index (χ0n) is 11.2. The molecule has 0 amide bonds. The van der Waals surface area contributed by atoms with Crippen molar-refractivity contribution in [1.29, 1.82) is 0 Å². The van der Waals surface area contributed by atoms with E-state index in [-0.39, 0.29) is 16.2 Å². The van der Waals surface area contributed by atoms with Crippen LogP contribution in [0.25, 0.3) is 0 Å². The zero-order valence-corrected chi connectivity index (χ0v) is 12.1. The van der Waals surface area contributed by atoms with Crippen molar-refractivity contribution in [1.82, 2.24) is 0 Å². The highest BCUT2D eigenvalue weighted by Gasteiger charge is 2.53. The molecule has 1 aromatic carbocycles. The first kappa shape index (κ1) is 17.0. The molecule has 0 spiro atoms. The predicted molar refractivity (Wildman–Crippen MR) is 69.0 cm³/mol. The van der Waals surface area contributed by atoms with Crippen molar-refractivity contribution >= 4 is 9.84 Å². The summed E-state index contributed by atoms with van der Waals surface area (Å²) in [5, 5.41) is 9.75. The molecule has 0 radical (unpaired) electrons. The first-order valence-corrected chi connectivity index (χ1v) is 7.86. The van der Waals surface area contributed by atoms with Gasteiger partial charge in [-0.25, -0.2) is 8.42 Å². The van der Waals surface area contributed by atoms with Gasteiger partial charge < -0.3 is 5.11 Å². The number of alkyl halides is 3. The summed E-state index contributed by atoms with van der Waals surface area (Å²) in [7, 11) is -3.48. The van der Waals surface area contributed by atoms with Crippen LogP contribution >= 0.6 is 0 Å². The Bertz CT molecular complexity index is 549. The molecule has 1 rings (SSSR count). The second-order valence-corrected chi connectivity index (χ2v) is 6.66. The van der Waals surface area contributed by atoms with Crippen LogP contribution in [0.1, 0.15) is 32.3 Å². The molecular formula is C13H17F3O3S. The Morgan fingerprint density at radius 3 is 1.95 bits per heavy atom. The van der Waals surface area contributed by atoms with Gasteiger partial charge in [0.05, 0.1) is 10.6 Å². The summed E-state index contributed by atoms with van der Waals surface area (Å²) in [6, 6.07) is 4.23. The van der Waals surface area contributed by atoms with E-state index >= 15 is 0 Å². The van der Waals surface area contributed by atoms with E-state index in [2.05, 4.69) is 0 Å². The van der Waals surface area contributed by atoms with Crippen LogP contribution in [-0.2, 0) is 15.4 Å². The average molecular weight is 310 g/mol. The molecule has 7 heteroatoms. The van der Waals surface area contributed by atoms with Gasteiger partial charge in [0.2, 0.25) is 0 Å². The Hall–Kier alpha value is -1.08. The van der Waals surface area contributed by atoms with Crippen molar-refractivity contribution in [2.24, 2.45) is 0 Å². The third-order valence-electron chi connectivity index (χ3n) is 3.14. The lowest BCUT2D eigenvalue weighted by Crippen LogP contribution is -2.41. The molecule has 20 heavy (non-hydrogen) atoms. The summed E-state index contributed by atoms with van der Waals surface area (Å²) in [6.07, 6.45) is -4.94. The fourth-order valence-electron chi connectivity index (χ4n) is 1.89. The maximum absolute atomic E-state index is 12.9. The number of aliphatic hydroxyl groups is 1. The number of hydrogen-bond acceptors (Lipinski definition) is 3. The molecule has 1 N–H and O–H groups in total. The molecule has 0 fully saturated rings.